The lowest BCUT2D eigenvalue weighted by Gasteiger charge is -2.17. The normalized spacial score (nSPS) is 10.5. The van der Waals surface area contributed by atoms with Crippen LogP contribution in [-0.4, -0.2) is 47.7 Å². The first-order valence-corrected chi connectivity index (χ1v) is 9.01. The number of amides is 1. The summed E-state index contributed by atoms with van der Waals surface area (Å²) in [5.41, 5.74) is 1.53. The number of nitrogens with zero attached hydrogens (tertiary/aromatic N) is 3. The van der Waals surface area contributed by atoms with E-state index in [2.05, 4.69) is 10.1 Å². The summed E-state index contributed by atoms with van der Waals surface area (Å²) in [5, 5.41) is 3.71. The van der Waals surface area contributed by atoms with Gasteiger partial charge in [0, 0.05) is 19.2 Å². The maximum Gasteiger partial charge on any atom is 0.338 e. The second-order valence-electron chi connectivity index (χ2n) is 6.52. The maximum absolute atomic E-state index is 13.8. The Morgan fingerprint density at radius 1 is 1.17 bits per heavy atom. The smallest absolute Gasteiger partial charge is 0.338 e. The summed E-state index contributed by atoms with van der Waals surface area (Å²) in [6.45, 7) is 1.44. The molecule has 1 amide bonds. The predicted octanol–water partition coefficient (Wildman–Crippen LogP) is 3.01. The fraction of sp³-hybridized carbons (Fsp3) is 0.238. The van der Waals surface area contributed by atoms with E-state index in [1.165, 1.54) is 24.1 Å². The molecule has 156 valence electrons. The molecule has 3 rings (SSSR count). The van der Waals surface area contributed by atoms with Crippen molar-refractivity contribution in [2.45, 2.75) is 13.5 Å². The van der Waals surface area contributed by atoms with E-state index in [1.54, 1.807) is 44.3 Å². The number of ether oxygens (including phenoxy) is 2. The lowest BCUT2D eigenvalue weighted by Crippen LogP contribution is -2.30. The molecule has 1 aromatic heterocycles. The molecule has 0 aliphatic rings. The minimum Gasteiger partial charge on any atom is -0.494 e. The first-order valence-electron chi connectivity index (χ1n) is 9.01. The quantitative estimate of drug-likeness (QED) is 0.550. The van der Waals surface area contributed by atoms with Gasteiger partial charge in [-0.25, -0.2) is 9.18 Å². The van der Waals surface area contributed by atoms with Crippen LogP contribution < -0.4 is 4.74 Å². The number of rotatable bonds is 7. The minimum absolute atomic E-state index is 0.127. The Hall–Kier alpha value is -3.75. The SMILES string of the molecule is COc1ccc(CN(C)C(=O)COC(=O)c2ccc(-c3nc(C)no3)cc2)cc1F. The molecule has 0 saturated carbocycles. The predicted molar refractivity (Wildman–Crippen MR) is 104 cm³/mol. The number of aromatic nitrogens is 2. The fourth-order valence-corrected chi connectivity index (χ4v) is 2.65. The number of hydrogen-bond acceptors (Lipinski definition) is 7. The Kier molecular flexibility index (Phi) is 6.41. The number of methoxy groups -OCH3 is 1. The number of carbonyl (C=O) groups is 2. The molecule has 8 nitrogen and oxygen atoms in total. The topological polar surface area (TPSA) is 94.8 Å². The molecule has 9 heteroatoms. The van der Waals surface area contributed by atoms with Gasteiger partial charge in [-0.05, 0) is 48.9 Å². The molecule has 0 aliphatic carbocycles. The van der Waals surface area contributed by atoms with Gasteiger partial charge in [-0.1, -0.05) is 11.2 Å². The van der Waals surface area contributed by atoms with Crippen molar-refractivity contribution >= 4 is 11.9 Å². The Bertz CT molecular complexity index is 1050. The third-order valence-electron chi connectivity index (χ3n) is 4.28. The van der Waals surface area contributed by atoms with Gasteiger partial charge in [0.05, 0.1) is 12.7 Å². The molecule has 0 unspecified atom stereocenters. The molecule has 3 aromatic rings. The summed E-state index contributed by atoms with van der Waals surface area (Å²) >= 11 is 0. The van der Waals surface area contributed by atoms with Crippen LogP contribution in [0.25, 0.3) is 11.5 Å². The van der Waals surface area contributed by atoms with E-state index in [0.29, 0.717) is 22.8 Å². The van der Waals surface area contributed by atoms with E-state index in [-0.39, 0.29) is 17.9 Å². The lowest BCUT2D eigenvalue weighted by molar-refractivity contribution is -0.133. The van der Waals surface area contributed by atoms with Crippen molar-refractivity contribution in [3.8, 4) is 17.2 Å². The molecule has 30 heavy (non-hydrogen) atoms. The number of hydrogen-bond donors (Lipinski definition) is 0. The highest BCUT2D eigenvalue weighted by Gasteiger charge is 2.15. The maximum atomic E-state index is 13.8. The zero-order chi connectivity index (χ0) is 21.7. The Labute approximate surface area is 172 Å². The van der Waals surface area contributed by atoms with Crippen molar-refractivity contribution in [2.75, 3.05) is 20.8 Å². The number of halogens is 1. The molecule has 0 spiro atoms. The van der Waals surface area contributed by atoms with Crippen LogP contribution in [0.4, 0.5) is 4.39 Å². The van der Waals surface area contributed by atoms with Gasteiger partial charge in [0.15, 0.2) is 24.0 Å². The summed E-state index contributed by atoms with van der Waals surface area (Å²) in [6, 6.07) is 10.8. The molecule has 2 aromatic carbocycles. The van der Waals surface area contributed by atoms with Crippen molar-refractivity contribution in [3.05, 3.63) is 65.2 Å². The van der Waals surface area contributed by atoms with Crippen LogP contribution in [0.15, 0.2) is 47.0 Å². The van der Waals surface area contributed by atoms with E-state index < -0.39 is 24.3 Å². The zero-order valence-corrected chi connectivity index (χ0v) is 16.7. The van der Waals surface area contributed by atoms with Gasteiger partial charge in [0.25, 0.3) is 11.8 Å². The average molecular weight is 413 g/mol. The van der Waals surface area contributed by atoms with E-state index in [9.17, 15) is 14.0 Å². The van der Waals surface area contributed by atoms with Crippen molar-refractivity contribution in [2.24, 2.45) is 0 Å². The second kappa shape index (κ2) is 9.17. The van der Waals surface area contributed by atoms with Crippen LogP contribution in [0.3, 0.4) is 0 Å². The highest BCUT2D eigenvalue weighted by Crippen LogP contribution is 2.19. The third-order valence-corrected chi connectivity index (χ3v) is 4.28. The highest BCUT2D eigenvalue weighted by atomic mass is 19.1. The fourth-order valence-electron chi connectivity index (χ4n) is 2.65. The molecule has 0 atom stereocenters. The van der Waals surface area contributed by atoms with Crippen LogP contribution >= 0.6 is 0 Å². The van der Waals surface area contributed by atoms with E-state index in [1.807, 2.05) is 0 Å². The molecular formula is C21H20FN3O5. The number of aryl methyl sites for hydroxylation is 1. The van der Waals surface area contributed by atoms with Crippen LogP contribution in [0.2, 0.25) is 0 Å². The molecule has 0 bridgehead atoms. The van der Waals surface area contributed by atoms with Gasteiger partial charge in [-0.15, -0.1) is 0 Å². The van der Waals surface area contributed by atoms with E-state index in [0.717, 1.165) is 0 Å². The monoisotopic (exact) mass is 413 g/mol. The van der Waals surface area contributed by atoms with Gasteiger partial charge < -0.3 is 18.9 Å². The van der Waals surface area contributed by atoms with Gasteiger partial charge in [0.2, 0.25) is 0 Å². The standard InChI is InChI=1S/C21H20FN3O5/c1-13-23-20(30-24-13)15-5-7-16(8-6-15)21(27)29-12-19(26)25(2)11-14-4-9-18(28-3)17(22)10-14/h4-10H,11-12H2,1-3H3. The van der Waals surface area contributed by atoms with Gasteiger partial charge in [-0.3, -0.25) is 4.79 Å². The molecule has 0 radical (unpaired) electrons. The average Bonchev–Trinajstić information content (AvgIpc) is 3.18. The second-order valence-corrected chi connectivity index (χ2v) is 6.52. The van der Waals surface area contributed by atoms with Crippen molar-refractivity contribution < 1.29 is 28.0 Å². The van der Waals surface area contributed by atoms with Crippen LogP contribution in [0.1, 0.15) is 21.7 Å². The Morgan fingerprint density at radius 2 is 1.90 bits per heavy atom. The molecular weight excluding hydrogens is 393 g/mol. The zero-order valence-electron chi connectivity index (χ0n) is 16.7. The summed E-state index contributed by atoms with van der Waals surface area (Å²) in [6.07, 6.45) is 0. The highest BCUT2D eigenvalue weighted by molar-refractivity contribution is 5.91. The first kappa shape index (κ1) is 21.0. The molecule has 0 aliphatic heterocycles. The Morgan fingerprint density at radius 3 is 2.50 bits per heavy atom. The van der Waals surface area contributed by atoms with Crippen molar-refractivity contribution in [1.82, 2.24) is 15.0 Å². The van der Waals surface area contributed by atoms with Gasteiger partial charge in [-0.2, -0.15) is 4.98 Å². The van der Waals surface area contributed by atoms with Gasteiger partial charge in [0.1, 0.15) is 0 Å². The summed E-state index contributed by atoms with van der Waals surface area (Å²) in [5.74, 6) is -0.589. The van der Waals surface area contributed by atoms with Crippen molar-refractivity contribution in [1.29, 1.82) is 0 Å². The van der Waals surface area contributed by atoms with Crippen LogP contribution in [-0.2, 0) is 16.1 Å². The molecule has 0 N–H and O–H groups in total. The third kappa shape index (κ3) is 4.99. The van der Waals surface area contributed by atoms with Gasteiger partial charge >= 0.3 is 5.97 Å². The van der Waals surface area contributed by atoms with Crippen LogP contribution in [0.5, 0.6) is 5.75 Å². The van der Waals surface area contributed by atoms with E-state index in [4.69, 9.17) is 14.0 Å². The largest absolute Gasteiger partial charge is 0.494 e. The number of benzene rings is 2. The lowest BCUT2D eigenvalue weighted by atomic mass is 10.1. The number of carbonyl (C=O) groups excluding carboxylic acids is 2. The first-order chi connectivity index (χ1) is 14.4. The van der Waals surface area contributed by atoms with Crippen molar-refractivity contribution in [3.63, 3.8) is 0 Å². The Balaban J connectivity index is 1.53. The number of likely N-dealkylation sites (N-methyl/N-ethyl adjacent to an activating group) is 1. The molecule has 1 heterocycles. The molecule has 0 fully saturated rings. The molecule has 0 saturated heterocycles. The number of esters is 1. The summed E-state index contributed by atoms with van der Waals surface area (Å²) < 4.78 is 28.8. The van der Waals surface area contributed by atoms with E-state index >= 15 is 0 Å². The minimum atomic E-state index is -0.638. The summed E-state index contributed by atoms with van der Waals surface area (Å²) in [4.78, 5) is 29.9. The summed E-state index contributed by atoms with van der Waals surface area (Å²) in [7, 11) is 2.92. The van der Waals surface area contributed by atoms with Crippen LogP contribution in [0, 0.1) is 12.7 Å².